The highest BCUT2D eigenvalue weighted by atomic mass is 16.6. The van der Waals surface area contributed by atoms with Crippen LogP contribution in [0.25, 0.3) is 0 Å². The van der Waals surface area contributed by atoms with Gasteiger partial charge in [0.25, 0.3) is 11.4 Å². The first kappa shape index (κ1) is 19.0. The van der Waals surface area contributed by atoms with Crippen molar-refractivity contribution in [2.24, 2.45) is 0 Å². The predicted molar refractivity (Wildman–Crippen MR) is 80.4 cm³/mol. The van der Waals surface area contributed by atoms with Crippen LogP contribution in [0.15, 0.2) is 12.1 Å². The molecule has 0 saturated heterocycles. The molecular formula is C14H16N2O8. The van der Waals surface area contributed by atoms with E-state index >= 15 is 0 Å². The first-order chi connectivity index (χ1) is 11.3. The molecule has 0 aliphatic carbocycles. The minimum atomic E-state index is -0.746. The number of nitro groups is 2. The van der Waals surface area contributed by atoms with Crippen molar-refractivity contribution in [3.8, 4) is 0 Å². The van der Waals surface area contributed by atoms with Crippen molar-refractivity contribution in [3.05, 3.63) is 43.5 Å². The average Bonchev–Trinajstić information content (AvgIpc) is 2.56. The number of methoxy groups -OCH3 is 2. The molecule has 10 nitrogen and oxygen atoms in total. The van der Waals surface area contributed by atoms with Crippen LogP contribution in [0.2, 0.25) is 0 Å². The monoisotopic (exact) mass is 340 g/mol. The fourth-order valence-electron chi connectivity index (χ4n) is 2.09. The highest BCUT2D eigenvalue weighted by Gasteiger charge is 2.25. The van der Waals surface area contributed by atoms with Crippen LogP contribution in [0.5, 0.6) is 0 Å². The first-order valence-electron chi connectivity index (χ1n) is 6.88. The molecule has 0 heterocycles. The van der Waals surface area contributed by atoms with E-state index in [4.69, 9.17) is 0 Å². The zero-order chi connectivity index (χ0) is 18.3. The number of esters is 2. The number of carbonyl (C=O) groups is 2. The van der Waals surface area contributed by atoms with E-state index in [-0.39, 0.29) is 36.8 Å². The van der Waals surface area contributed by atoms with E-state index in [0.717, 1.165) is 6.07 Å². The van der Waals surface area contributed by atoms with Gasteiger partial charge in [0.2, 0.25) is 0 Å². The van der Waals surface area contributed by atoms with Gasteiger partial charge in [0.15, 0.2) is 0 Å². The number of hydrogen-bond donors (Lipinski definition) is 0. The van der Waals surface area contributed by atoms with Crippen LogP contribution < -0.4 is 0 Å². The molecule has 1 aromatic carbocycles. The van der Waals surface area contributed by atoms with Gasteiger partial charge in [0.05, 0.1) is 30.1 Å². The molecule has 0 atom stereocenters. The number of carbonyl (C=O) groups excluding carboxylic acids is 2. The molecular weight excluding hydrogens is 324 g/mol. The smallest absolute Gasteiger partial charge is 0.305 e. The second-order valence-electron chi connectivity index (χ2n) is 4.78. The lowest BCUT2D eigenvalue weighted by Crippen LogP contribution is -2.08. The van der Waals surface area contributed by atoms with E-state index in [0.29, 0.717) is 0 Å². The first-order valence-corrected chi connectivity index (χ1v) is 6.88. The third kappa shape index (κ3) is 5.00. The molecule has 0 radical (unpaired) electrons. The third-order valence-electron chi connectivity index (χ3n) is 3.33. The largest absolute Gasteiger partial charge is 0.469 e. The maximum Gasteiger partial charge on any atom is 0.305 e. The summed E-state index contributed by atoms with van der Waals surface area (Å²) in [5, 5.41) is 22.3. The van der Waals surface area contributed by atoms with E-state index in [1.54, 1.807) is 0 Å². The standard InChI is InChI=1S/C14H16N2O8/c1-23-13(17)5-3-9-7-10(4-6-14(18)24-2)12(16(21)22)8-11(9)15(19)20/h7-8H,3-6H2,1-2H3. The van der Waals surface area contributed by atoms with Gasteiger partial charge in [-0.25, -0.2) is 0 Å². The molecule has 1 rings (SSSR count). The number of aryl methyl sites for hydroxylation is 2. The molecule has 0 aliphatic rings. The highest BCUT2D eigenvalue weighted by molar-refractivity contribution is 5.71. The van der Waals surface area contributed by atoms with Crippen molar-refractivity contribution in [2.75, 3.05) is 14.2 Å². The Labute approximate surface area is 136 Å². The lowest BCUT2D eigenvalue weighted by molar-refractivity contribution is -0.395. The lowest BCUT2D eigenvalue weighted by atomic mass is 9.99. The maximum absolute atomic E-state index is 11.2. The summed E-state index contributed by atoms with van der Waals surface area (Å²) in [6.45, 7) is 0. The molecule has 10 heteroatoms. The topological polar surface area (TPSA) is 139 Å². The van der Waals surface area contributed by atoms with E-state index in [1.165, 1.54) is 20.3 Å². The Balaban J connectivity index is 3.24. The SMILES string of the molecule is COC(=O)CCc1cc(CCC(=O)OC)c([N+](=O)[O-])cc1[N+](=O)[O-]. The van der Waals surface area contributed by atoms with E-state index in [9.17, 15) is 29.8 Å². The number of ether oxygens (including phenoxy) is 2. The normalized spacial score (nSPS) is 10.1. The highest BCUT2D eigenvalue weighted by Crippen LogP contribution is 2.30. The van der Waals surface area contributed by atoms with Gasteiger partial charge in [0.1, 0.15) is 0 Å². The number of benzene rings is 1. The third-order valence-corrected chi connectivity index (χ3v) is 3.33. The predicted octanol–water partition coefficient (Wildman–Crippen LogP) is 1.71. The quantitative estimate of drug-likeness (QED) is 0.396. The van der Waals surface area contributed by atoms with Crippen molar-refractivity contribution in [1.29, 1.82) is 0 Å². The zero-order valence-electron chi connectivity index (χ0n) is 13.1. The molecule has 0 N–H and O–H groups in total. The van der Waals surface area contributed by atoms with Crippen molar-refractivity contribution < 1.29 is 28.9 Å². The van der Waals surface area contributed by atoms with Crippen LogP contribution >= 0.6 is 0 Å². The van der Waals surface area contributed by atoms with Crippen LogP contribution in [0.4, 0.5) is 11.4 Å². The Bertz CT molecular complexity index is 618. The van der Waals surface area contributed by atoms with Crippen molar-refractivity contribution in [1.82, 2.24) is 0 Å². The number of nitro benzene ring substituents is 2. The summed E-state index contributed by atoms with van der Waals surface area (Å²) in [6, 6.07) is 2.13. The lowest BCUT2D eigenvalue weighted by Gasteiger charge is -2.07. The molecule has 0 amide bonds. The molecule has 130 valence electrons. The molecule has 0 spiro atoms. The second kappa shape index (κ2) is 8.56. The van der Waals surface area contributed by atoms with Crippen molar-refractivity contribution in [2.45, 2.75) is 25.7 Å². The zero-order valence-corrected chi connectivity index (χ0v) is 13.1. The fourth-order valence-corrected chi connectivity index (χ4v) is 2.09. The van der Waals surface area contributed by atoms with Crippen molar-refractivity contribution >= 4 is 23.3 Å². The van der Waals surface area contributed by atoms with Crippen LogP contribution in [0, 0.1) is 20.2 Å². The number of rotatable bonds is 8. The maximum atomic E-state index is 11.2. The van der Waals surface area contributed by atoms with Crippen LogP contribution in [-0.2, 0) is 31.9 Å². The van der Waals surface area contributed by atoms with Crippen LogP contribution in [-0.4, -0.2) is 36.0 Å². The molecule has 0 aromatic heterocycles. The molecule has 1 aromatic rings. The van der Waals surface area contributed by atoms with Gasteiger partial charge in [0, 0.05) is 24.0 Å². The van der Waals surface area contributed by atoms with Gasteiger partial charge in [-0.1, -0.05) is 0 Å². The number of hydrogen-bond acceptors (Lipinski definition) is 8. The summed E-state index contributed by atoms with van der Waals surface area (Å²) >= 11 is 0. The molecule has 24 heavy (non-hydrogen) atoms. The summed E-state index contributed by atoms with van der Waals surface area (Å²) in [6.07, 6.45) is -0.227. The van der Waals surface area contributed by atoms with Crippen molar-refractivity contribution in [3.63, 3.8) is 0 Å². The van der Waals surface area contributed by atoms with Gasteiger partial charge in [-0.15, -0.1) is 0 Å². The summed E-state index contributed by atoms with van der Waals surface area (Å²) < 4.78 is 8.96. The second-order valence-corrected chi connectivity index (χ2v) is 4.78. The van der Waals surface area contributed by atoms with Crippen LogP contribution in [0.3, 0.4) is 0 Å². The average molecular weight is 340 g/mol. The Morgan fingerprint density at radius 3 is 1.54 bits per heavy atom. The van der Waals surface area contributed by atoms with Crippen LogP contribution in [0.1, 0.15) is 24.0 Å². The van der Waals surface area contributed by atoms with Gasteiger partial charge in [-0.3, -0.25) is 29.8 Å². The minimum Gasteiger partial charge on any atom is -0.469 e. The summed E-state index contributed by atoms with van der Waals surface area (Å²) in [5.41, 5.74) is -0.577. The molecule has 0 aliphatic heterocycles. The van der Waals surface area contributed by atoms with E-state index in [2.05, 4.69) is 9.47 Å². The summed E-state index contributed by atoms with van der Waals surface area (Å²) in [7, 11) is 2.38. The van der Waals surface area contributed by atoms with Gasteiger partial charge < -0.3 is 9.47 Å². The fraction of sp³-hybridized carbons (Fsp3) is 0.429. The Morgan fingerprint density at radius 1 is 0.875 bits per heavy atom. The molecule has 0 fully saturated rings. The van der Waals surface area contributed by atoms with Gasteiger partial charge in [-0.05, 0) is 18.9 Å². The minimum absolute atomic E-state index is 0.00773. The number of nitrogens with zero attached hydrogens (tertiary/aromatic N) is 2. The summed E-state index contributed by atoms with van der Waals surface area (Å²) in [4.78, 5) is 43.2. The Kier molecular flexibility index (Phi) is 6.78. The van der Waals surface area contributed by atoms with Gasteiger partial charge in [-0.2, -0.15) is 0 Å². The Hall–Kier alpha value is -3.04. The molecule has 0 unspecified atom stereocenters. The molecule has 0 saturated carbocycles. The van der Waals surface area contributed by atoms with E-state index < -0.39 is 33.2 Å². The Morgan fingerprint density at radius 2 is 1.25 bits per heavy atom. The summed E-state index contributed by atoms with van der Waals surface area (Å²) in [5.74, 6) is -1.11. The molecule has 0 bridgehead atoms. The van der Waals surface area contributed by atoms with Gasteiger partial charge >= 0.3 is 11.9 Å². The van der Waals surface area contributed by atoms with E-state index in [1.807, 2.05) is 0 Å².